The number of carbonyl (C=O) groups excluding carboxylic acids is 8. The number of allylic oxidation sites excluding steroid dienone is 6. The number of nitrogens with two attached hydrogens (primary N) is 3. The highest BCUT2D eigenvalue weighted by Crippen LogP contribution is 2.40. The largest absolute Gasteiger partial charge is 0.459 e. The van der Waals surface area contributed by atoms with Gasteiger partial charge < -0.3 is 105 Å². The zero-order valence-electron chi connectivity index (χ0n) is 76.9. The quantitative estimate of drug-likeness (QED) is 0.0117. The fraction of sp³-hybridized carbons (Fsp3) is 0.558. The van der Waals surface area contributed by atoms with Crippen LogP contribution in [0, 0.1) is 29.6 Å². The van der Waals surface area contributed by atoms with Crippen LogP contribution in [0.2, 0.25) is 0 Å². The van der Waals surface area contributed by atoms with E-state index in [9.17, 15) is 53.7 Å². The molecule has 5 aliphatic heterocycles. The van der Waals surface area contributed by atoms with Crippen molar-refractivity contribution >= 4 is 93.0 Å². The summed E-state index contributed by atoms with van der Waals surface area (Å²) in [4.78, 5) is 150. The number of ketones is 3. The van der Waals surface area contributed by atoms with Crippen LogP contribution < -0.4 is 37.6 Å². The first-order chi connectivity index (χ1) is 64.0. The Morgan fingerprint density at radius 1 is 0.714 bits per heavy atom. The van der Waals surface area contributed by atoms with Gasteiger partial charge in [-0.05, 0) is 142 Å². The Bertz CT molecular complexity index is 5330. The summed E-state index contributed by atoms with van der Waals surface area (Å²) in [6, 6.07) is 9.58. The molecule has 11 N–H and O–H groups in total. The molecule has 4 amide bonds. The molecule has 7 aromatic rings. The van der Waals surface area contributed by atoms with Gasteiger partial charge in [-0.1, -0.05) is 82.4 Å². The number of carbonyl (C=O) groups is 8. The number of nitrogen functional groups attached to an aromatic ring is 2. The molecule has 15 atom stereocenters. The number of nitrogens with zero attached hydrogens (tertiary/aromatic N) is 13. The van der Waals surface area contributed by atoms with Crippen molar-refractivity contribution in [2.45, 2.75) is 212 Å². The lowest BCUT2D eigenvalue weighted by atomic mass is 9.80. The predicted octanol–water partition coefficient (Wildman–Crippen LogP) is 6.97. The average Bonchev–Trinajstić information content (AvgIpc) is 1.66. The molecule has 6 aliphatic rings. The lowest BCUT2D eigenvalue weighted by molar-refractivity contribution is -0.265. The first-order valence-electron chi connectivity index (χ1n) is 46.0. The van der Waals surface area contributed by atoms with Crippen LogP contribution in [0.5, 0.6) is 0 Å². The third-order valence-electron chi connectivity index (χ3n) is 26.0. The van der Waals surface area contributed by atoms with Gasteiger partial charge in [-0.2, -0.15) is 10.1 Å². The minimum Gasteiger partial charge on any atom is -0.459 e. The molecule has 0 unspecified atom stereocenters. The Labute approximate surface area is 772 Å². The van der Waals surface area contributed by atoms with Crippen molar-refractivity contribution in [2.75, 3.05) is 121 Å². The van der Waals surface area contributed by atoms with Crippen molar-refractivity contribution in [2.24, 2.45) is 35.3 Å². The summed E-state index contributed by atoms with van der Waals surface area (Å²) in [5.74, 6) is -8.46. The van der Waals surface area contributed by atoms with Crippen LogP contribution in [0.15, 0.2) is 120 Å². The standard InChI is InChI=1S/C95H126N18O20/c1-56-14-10-9-11-15-57(2)76(125-7)46-69-22-17-61(6)95(124,133-69)85(119)89(121)112-28-13-12-16-72(112)90(122)130-77(47-73(114)58(3)41-60(5)83(117)84(118)82(116)59(4)40-56)70(96)43-62-19-23-75(78(44-62)126-8)132-94(123)104-50-64-48-100-92(101-49-64)109-30-32-110(33-31-109)93-102-51-68(52-103-93)88(120)99-27-35-128-37-39-129-38-36-127-34-26-79(115)111-29-25-65-42-63(18-20-67(65)54-111)53-113-87-80(86(97)105-55-106-87)81(108-113)66-21-24-74-71(45-66)107-91(98)131-74/h9-11,14-15,18,20-21,24,41-42,45,48-49,51-52,55-56,58-59,61-62,69-70,72,75-78,83-84,117-118,124H,12-13,16-17,19,22-23,25-40,43-44,46-47,50,53-54,96H2,1-8H3,(H2,98,107)(H,99,120)(H,104,123)(H2,97,105,106)/b11-9?,14-10+,57-15?,60-41+/t56-,58-,59-,61-,62+,69+,70-,72+,75-,76+,77+,78-,83-,84+,95-/m1/s1. The van der Waals surface area contributed by atoms with E-state index in [1.54, 1.807) is 46.3 Å². The van der Waals surface area contributed by atoms with E-state index >= 15 is 0 Å². The molecular weight excluding hydrogens is 1710 g/mol. The fourth-order valence-electron chi connectivity index (χ4n) is 18.2. The van der Waals surface area contributed by atoms with Gasteiger partial charge >= 0.3 is 12.1 Å². The Morgan fingerprint density at radius 2 is 1.44 bits per heavy atom. The highest BCUT2D eigenvalue weighted by atomic mass is 16.6. The topological polar surface area (TPSA) is 507 Å². The molecule has 716 valence electrons. The van der Waals surface area contributed by atoms with Crippen molar-refractivity contribution in [3.63, 3.8) is 0 Å². The summed E-state index contributed by atoms with van der Waals surface area (Å²) in [6.45, 7) is 16.1. The Balaban J connectivity index is 0.505. The summed E-state index contributed by atoms with van der Waals surface area (Å²) >= 11 is 0. The lowest BCUT2D eigenvalue weighted by Gasteiger charge is -2.42. The number of anilines is 4. The molecule has 1 saturated carbocycles. The van der Waals surface area contributed by atoms with Gasteiger partial charge in [0.05, 0.1) is 81.9 Å². The van der Waals surface area contributed by atoms with Gasteiger partial charge in [0.25, 0.3) is 23.6 Å². The number of alkyl carbamates (subject to hydrolysis) is 1. The second kappa shape index (κ2) is 46.5. The number of oxazole rings is 1. The van der Waals surface area contributed by atoms with E-state index < -0.39 is 120 Å². The molecule has 0 radical (unpaired) electrons. The molecule has 2 bridgehead atoms. The van der Waals surface area contributed by atoms with Crippen molar-refractivity contribution in [3.05, 3.63) is 143 Å². The number of hydrogen-bond acceptors (Lipinski definition) is 33. The minimum absolute atomic E-state index is 0.0115. The maximum atomic E-state index is 14.7. The first kappa shape index (κ1) is 99.0. The normalized spacial score (nSPS) is 26.3. The number of nitrogens with one attached hydrogen (secondary N) is 2. The van der Waals surface area contributed by atoms with Crippen LogP contribution in [0.1, 0.15) is 158 Å². The van der Waals surface area contributed by atoms with Crippen LogP contribution >= 0.6 is 0 Å². The van der Waals surface area contributed by atoms with E-state index in [2.05, 4.69) is 57.7 Å². The minimum atomic E-state index is -2.52. The summed E-state index contributed by atoms with van der Waals surface area (Å²) in [7, 11) is 3.06. The number of ether oxygens (including phenoxy) is 8. The average molecular weight is 1840 g/mol. The molecule has 3 saturated heterocycles. The number of rotatable bonds is 26. The van der Waals surface area contributed by atoms with E-state index in [1.165, 1.54) is 44.4 Å². The van der Waals surface area contributed by atoms with Crippen LogP contribution in [-0.2, 0) is 92.7 Å². The van der Waals surface area contributed by atoms with Crippen molar-refractivity contribution in [1.82, 2.24) is 65.1 Å². The molecule has 38 nitrogen and oxygen atoms in total. The van der Waals surface area contributed by atoms with Gasteiger partial charge in [0.15, 0.2) is 17.0 Å². The van der Waals surface area contributed by atoms with Crippen LogP contribution in [0.4, 0.5) is 28.5 Å². The smallest absolute Gasteiger partial charge is 0.407 e. The molecule has 38 heteroatoms. The Morgan fingerprint density at radius 3 is 2.17 bits per heavy atom. The summed E-state index contributed by atoms with van der Waals surface area (Å²) in [5.41, 5.74) is 27.6. The monoisotopic (exact) mass is 1840 g/mol. The number of cyclic esters (lactones) is 1. The van der Waals surface area contributed by atoms with Gasteiger partial charge in [0.2, 0.25) is 23.6 Å². The Kier molecular flexibility index (Phi) is 34.6. The van der Waals surface area contributed by atoms with Crippen molar-refractivity contribution in [3.8, 4) is 11.3 Å². The second-order valence-corrected chi connectivity index (χ2v) is 35.6. The van der Waals surface area contributed by atoms with Gasteiger partial charge in [-0.25, -0.2) is 44.2 Å². The molecule has 5 aromatic heterocycles. The number of aliphatic hydroxyl groups is 3. The van der Waals surface area contributed by atoms with E-state index in [0.29, 0.717) is 187 Å². The third-order valence-corrected chi connectivity index (χ3v) is 26.0. The SMILES string of the molecule is CO[C@H]1C[C@@H]2CC[C@@H](C)[C@@](O)(O2)C(=O)C(=O)N2CCCC[C@H]2C(=O)O[C@H]([C@H](N)C[C@@H]2CC[C@@H](OC(=O)NCc3cnc(N4CCN(c5ncc(C(=O)NCCOCCOCCOCCC(=O)N6CCc7cc(Cn8nc(-c9ccc%10oc(N)nc%10c9)c9c(N)ncnc98)ccc7C6)cn5)CC4)nc3)[C@H](OC)C2)CC(=O)[C@H](C)/C=C(\C)[C@@H](O)[C@@H](O)C(=O)[C@H](C)C[C@H](C)/C=C/C=CC=C1C. The van der Waals surface area contributed by atoms with Crippen LogP contribution in [-0.4, -0.2) is 277 Å². The molecule has 133 heavy (non-hydrogen) atoms. The van der Waals surface area contributed by atoms with Gasteiger partial charge in [0.1, 0.15) is 59.6 Å². The number of aromatic nitrogens is 9. The van der Waals surface area contributed by atoms with Gasteiger partial charge in [-0.3, -0.25) is 28.8 Å². The molecule has 10 heterocycles. The zero-order chi connectivity index (χ0) is 94.6. The number of esters is 1. The maximum Gasteiger partial charge on any atom is 0.407 e. The predicted molar refractivity (Wildman–Crippen MR) is 490 cm³/mol. The molecule has 4 fully saturated rings. The number of piperazine rings is 1. The van der Waals surface area contributed by atoms with E-state index in [-0.39, 0.29) is 93.8 Å². The van der Waals surface area contributed by atoms with Gasteiger partial charge in [0, 0.05) is 146 Å². The number of amides is 4. The molecule has 13 rings (SSSR count). The fourth-order valence-corrected chi connectivity index (χ4v) is 18.2. The number of Topliss-reactive ketones (excluding diaryl/α,β-unsaturated/α-hetero) is 3. The van der Waals surface area contributed by atoms with Crippen LogP contribution in [0.25, 0.3) is 33.4 Å². The van der Waals surface area contributed by atoms with E-state index in [4.69, 9.17) is 64.6 Å². The summed E-state index contributed by atoms with van der Waals surface area (Å²) < 4.78 is 54.6. The maximum absolute atomic E-state index is 14.7. The summed E-state index contributed by atoms with van der Waals surface area (Å²) in [6.07, 6.45) is 15.0. The summed E-state index contributed by atoms with van der Waals surface area (Å²) in [5, 5.41) is 45.9. The molecule has 0 spiro atoms. The molecule has 1 aliphatic carbocycles. The number of benzene rings is 2. The van der Waals surface area contributed by atoms with Crippen molar-refractivity contribution < 1.29 is 96.0 Å². The number of aliphatic hydroxyl groups excluding tert-OH is 2. The number of fused-ring (bicyclic) bond motifs is 6. The molecular formula is C95H126N18O20. The van der Waals surface area contributed by atoms with Gasteiger partial charge in [-0.15, -0.1) is 0 Å². The Hall–Kier alpha value is -11.5. The number of piperidine rings is 1. The highest BCUT2D eigenvalue weighted by molar-refractivity contribution is 6.39. The van der Waals surface area contributed by atoms with E-state index in [1.807, 2.05) is 81.8 Å². The number of hydrogen-bond donors (Lipinski definition) is 8. The highest BCUT2D eigenvalue weighted by Gasteiger charge is 2.53. The van der Waals surface area contributed by atoms with E-state index in [0.717, 1.165) is 27.2 Å². The lowest BCUT2D eigenvalue weighted by Crippen LogP contribution is -2.61. The van der Waals surface area contributed by atoms with Crippen LogP contribution in [0.3, 0.4) is 0 Å². The molecule has 2 aromatic carbocycles. The zero-order valence-corrected chi connectivity index (χ0v) is 76.9. The van der Waals surface area contributed by atoms with Crippen molar-refractivity contribution in [1.29, 1.82) is 0 Å². The first-order valence-corrected chi connectivity index (χ1v) is 46.0. The third kappa shape index (κ3) is 25.5. The number of methoxy groups -OCH3 is 2. The second-order valence-electron chi connectivity index (χ2n) is 35.6.